The Kier molecular flexibility index (Phi) is 3.47. The third-order valence-corrected chi connectivity index (χ3v) is 3.54. The average Bonchev–Trinajstić information content (AvgIpc) is 2.91. The summed E-state index contributed by atoms with van der Waals surface area (Å²) in [5.41, 5.74) is 1.95. The second-order valence-electron chi connectivity index (χ2n) is 4.54. The van der Waals surface area contributed by atoms with Gasteiger partial charge >= 0.3 is 0 Å². The van der Waals surface area contributed by atoms with Crippen LogP contribution in [-0.4, -0.2) is 15.2 Å². The van der Waals surface area contributed by atoms with Crippen LogP contribution in [0.1, 0.15) is 5.56 Å². The van der Waals surface area contributed by atoms with E-state index >= 15 is 0 Å². The highest BCUT2D eigenvalue weighted by Crippen LogP contribution is 2.31. The van der Waals surface area contributed by atoms with Crippen LogP contribution in [0.4, 0.5) is 4.39 Å². The number of rotatable bonds is 2. The molecule has 0 saturated heterocycles. The molecule has 0 unspecified atom stereocenters. The Morgan fingerprint density at radius 2 is 1.95 bits per heavy atom. The zero-order valence-corrected chi connectivity index (χ0v) is 12.6. The first-order valence-electron chi connectivity index (χ1n) is 6.14. The van der Waals surface area contributed by atoms with Gasteiger partial charge in [-0.3, -0.25) is 0 Å². The van der Waals surface area contributed by atoms with Gasteiger partial charge in [0.2, 0.25) is 5.82 Å². The van der Waals surface area contributed by atoms with Crippen LogP contribution >= 0.6 is 15.9 Å². The molecular formula is C15H10BrFN2O2. The number of aryl methyl sites for hydroxylation is 1. The Balaban J connectivity index is 2.06. The molecule has 1 aromatic heterocycles. The Bertz CT molecular complexity index is 817. The quantitative estimate of drug-likeness (QED) is 0.749. The van der Waals surface area contributed by atoms with Gasteiger partial charge in [-0.2, -0.15) is 4.98 Å². The van der Waals surface area contributed by atoms with Gasteiger partial charge < -0.3 is 9.63 Å². The fraction of sp³-hybridized carbons (Fsp3) is 0.0667. The maximum Gasteiger partial charge on any atom is 0.262 e. The SMILES string of the molecule is Cc1cc(Br)ccc1-c1noc(-c2cc(F)ccc2O)n1. The molecule has 0 spiro atoms. The van der Waals surface area contributed by atoms with Crippen molar-refractivity contribution in [2.45, 2.75) is 6.92 Å². The Hall–Kier alpha value is -2.21. The molecule has 0 fully saturated rings. The summed E-state index contributed by atoms with van der Waals surface area (Å²) in [5, 5.41) is 13.6. The van der Waals surface area contributed by atoms with E-state index in [1.807, 2.05) is 25.1 Å². The number of phenolic OH excluding ortho intramolecular Hbond substituents is 1. The predicted molar refractivity (Wildman–Crippen MR) is 79.2 cm³/mol. The highest BCUT2D eigenvalue weighted by Gasteiger charge is 2.16. The van der Waals surface area contributed by atoms with E-state index in [9.17, 15) is 9.50 Å². The number of aromatic nitrogens is 2. The van der Waals surface area contributed by atoms with Crippen LogP contribution < -0.4 is 0 Å². The van der Waals surface area contributed by atoms with E-state index in [4.69, 9.17) is 4.52 Å². The summed E-state index contributed by atoms with van der Waals surface area (Å²) in [5.74, 6) is -0.135. The normalized spacial score (nSPS) is 10.8. The minimum absolute atomic E-state index is 0.0734. The molecule has 0 atom stereocenters. The van der Waals surface area contributed by atoms with Gasteiger partial charge in [-0.15, -0.1) is 0 Å². The lowest BCUT2D eigenvalue weighted by molar-refractivity contribution is 0.425. The maximum atomic E-state index is 13.3. The number of nitrogens with zero attached hydrogens (tertiary/aromatic N) is 2. The first-order chi connectivity index (χ1) is 10.0. The smallest absolute Gasteiger partial charge is 0.262 e. The van der Waals surface area contributed by atoms with Crippen molar-refractivity contribution in [3.05, 3.63) is 52.3 Å². The fourth-order valence-electron chi connectivity index (χ4n) is 2.00. The lowest BCUT2D eigenvalue weighted by atomic mass is 10.1. The number of aromatic hydroxyl groups is 1. The van der Waals surface area contributed by atoms with Crippen LogP contribution in [-0.2, 0) is 0 Å². The Labute approximate surface area is 128 Å². The van der Waals surface area contributed by atoms with Crippen LogP contribution in [0.3, 0.4) is 0 Å². The topological polar surface area (TPSA) is 59.2 Å². The van der Waals surface area contributed by atoms with Crippen molar-refractivity contribution in [1.29, 1.82) is 0 Å². The summed E-state index contributed by atoms with van der Waals surface area (Å²) in [7, 11) is 0. The van der Waals surface area contributed by atoms with Crippen LogP contribution in [0.25, 0.3) is 22.8 Å². The summed E-state index contributed by atoms with van der Waals surface area (Å²) in [6.07, 6.45) is 0. The van der Waals surface area contributed by atoms with Crippen molar-refractivity contribution in [1.82, 2.24) is 10.1 Å². The van der Waals surface area contributed by atoms with Gasteiger partial charge in [-0.05, 0) is 48.9 Å². The minimum Gasteiger partial charge on any atom is -0.507 e. The average molecular weight is 349 g/mol. The van der Waals surface area contributed by atoms with Gasteiger partial charge in [0.05, 0.1) is 5.56 Å². The molecular weight excluding hydrogens is 339 g/mol. The van der Waals surface area contributed by atoms with E-state index in [1.54, 1.807) is 0 Å². The standard InChI is InChI=1S/C15H10BrFN2O2/c1-8-6-9(16)2-4-11(8)14-18-15(21-19-14)12-7-10(17)3-5-13(12)20/h2-7,20H,1H3. The van der Waals surface area contributed by atoms with E-state index in [0.717, 1.165) is 27.7 Å². The number of benzene rings is 2. The van der Waals surface area contributed by atoms with Gasteiger partial charge in [-0.1, -0.05) is 21.1 Å². The van der Waals surface area contributed by atoms with E-state index in [-0.39, 0.29) is 17.2 Å². The van der Waals surface area contributed by atoms with Gasteiger partial charge in [0.1, 0.15) is 11.6 Å². The summed E-state index contributed by atoms with van der Waals surface area (Å²) in [6.45, 7) is 1.93. The van der Waals surface area contributed by atoms with Crippen molar-refractivity contribution >= 4 is 15.9 Å². The third kappa shape index (κ3) is 2.67. The summed E-state index contributed by atoms with van der Waals surface area (Å²) >= 11 is 3.39. The highest BCUT2D eigenvalue weighted by atomic mass is 79.9. The van der Waals surface area contributed by atoms with Crippen molar-refractivity contribution in [2.24, 2.45) is 0 Å². The number of phenols is 1. The van der Waals surface area contributed by atoms with E-state index in [1.165, 1.54) is 6.07 Å². The fourth-order valence-corrected chi connectivity index (χ4v) is 2.48. The third-order valence-electron chi connectivity index (χ3n) is 3.04. The van der Waals surface area contributed by atoms with Crippen LogP contribution in [0.15, 0.2) is 45.4 Å². The molecule has 106 valence electrons. The number of halogens is 2. The maximum absolute atomic E-state index is 13.3. The molecule has 0 aliphatic carbocycles. The number of hydrogen-bond donors (Lipinski definition) is 1. The van der Waals surface area contributed by atoms with Crippen molar-refractivity contribution in [3.8, 4) is 28.6 Å². The first kappa shape index (κ1) is 13.8. The van der Waals surface area contributed by atoms with Crippen molar-refractivity contribution in [3.63, 3.8) is 0 Å². The zero-order chi connectivity index (χ0) is 15.0. The molecule has 21 heavy (non-hydrogen) atoms. The Morgan fingerprint density at radius 3 is 2.71 bits per heavy atom. The molecule has 0 aliphatic rings. The van der Waals surface area contributed by atoms with Gasteiger partial charge in [0.25, 0.3) is 5.89 Å². The second kappa shape index (κ2) is 5.29. The molecule has 4 nitrogen and oxygen atoms in total. The molecule has 0 bridgehead atoms. The largest absolute Gasteiger partial charge is 0.507 e. The molecule has 6 heteroatoms. The molecule has 1 N–H and O–H groups in total. The molecule has 0 saturated carbocycles. The molecule has 2 aromatic carbocycles. The molecule has 3 aromatic rings. The second-order valence-corrected chi connectivity index (χ2v) is 5.46. The van der Waals surface area contributed by atoms with E-state index in [2.05, 4.69) is 26.1 Å². The minimum atomic E-state index is -0.484. The lowest BCUT2D eigenvalue weighted by Gasteiger charge is -2.01. The molecule has 0 amide bonds. The molecule has 3 rings (SSSR count). The molecule has 0 aliphatic heterocycles. The predicted octanol–water partition coefficient (Wildman–Crippen LogP) is 4.32. The Morgan fingerprint density at radius 1 is 1.14 bits per heavy atom. The van der Waals surface area contributed by atoms with Crippen molar-refractivity contribution < 1.29 is 14.0 Å². The summed E-state index contributed by atoms with van der Waals surface area (Å²) in [6, 6.07) is 9.23. The molecule has 1 heterocycles. The lowest BCUT2D eigenvalue weighted by Crippen LogP contribution is -1.86. The summed E-state index contributed by atoms with van der Waals surface area (Å²) in [4.78, 5) is 4.22. The van der Waals surface area contributed by atoms with E-state index < -0.39 is 5.82 Å². The highest BCUT2D eigenvalue weighted by molar-refractivity contribution is 9.10. The first-order valence-corrected chi connectivity index (χ1v) is 6.93. The summed E-state index contributed by atoms with van der Waals surface area (Å²) < 4.78 is 19.3. The molecule has 0 radical (unpaired) electrons. The van der Waals surface area contributed by atoms with Gasteiger partial charge in [0, 0.05) is 10.0 Å². The van der Waals surface area contributed by atoms with Crippen molar-refractivity contribution in [2.75, 3.05) is 0 Å². The van der Waals surface area contributed by atoms with Crippen LogP contribution in [0, 0.1) is 12.7 Å². The van der Waals surface area contributed by atoms with Gasteiger partial charge in [-0.25, -0.2) is 4.39 Å². The monoisotopic (exact) mass is 348 g/mol. The van der Waals surface area contributed by atoms with E-state index in [0.29, 0.717) is 5.82 Å². The zero-order valence-electron chi connectivity index (χ0n) is 11.0. The number of hydrogen-bond acceptors (Lipinski definition) is 4. The van der Waals surface area contributed by atoms with Gasteiger partial charge in [0.15, 0.2) is 0 Å². The van der Waals surface area contributed by atoms with Crippen LogP contribution in [0.2, 0.25) is 0 Å². The van der Waals surface area contributed by atoms with Crippen LogP contribution in [0.5, 0.6) is 5.75 Å².